The molecule has 0 spiro atoms. The Hall–Kier alpha value is -1.61. The van der Waals surface area contributed by atoms with E-state index in [1.54, 1.807) is 0 Å². The highest BCUT2D eigenvalue weighted by Gasteiger charge is 2.35. The second-order valence-electron chi connectivity index (χ2n) is 5.55. The number of nitrogens with zero attached hydrogens (tertiary/aromatic N) is 1. The number of benzene rings is 1. The number of aromatic nitrogens is 1. The Labute approximate surface area is 106 Å². The van der Waals surface area contributed by atoms with Crippen molar-refractivity contribution in [3.05, 3.63) is 35.5 Å². The van der Waals surface area contributed by atoms with Gasteiger partial charge in [-0.05, 0) is 30.9 Å². The molecule has 2 atom stereocenters. The van der Waals surface area contributed by atoms with E-state index in [0.29, 0.717) is 12.3 Å². The van der Waals surface area contributed by atoms with Crippen LogP contribution in [-0.4, -0.2) is 16.5 Å². The molecule has 0 amide bonds. The monoisotopic (exact) mass is 240 g/mol. The number of para-hydroxylation sites is 1. The van der Waals surface area contributed by atoms with E-state index in [2.05, 4.69) is 12.1 Å². The Balaban J connectivity index is 2.12. The fraction of sp³-hybridized carbons (Fsp3) is 0.400. The molecule has 0 fully saturated rings. The van der Waals surface area contributed by atoms with Crippen LogP contribution in [0, 0.1) is 0 Å². The maximum atomic E-state index is 12.2. The van der Waals surface area contributed by atoms with Gasteiger partial charge in [-0.2, -0.15) is 0 Å². The zero-order valence-electron chi connectivity index (χ0n) is 10.2. The molecule has 1 aromatic heterocycles. The number of carbonyl (C=O) groups is 1. The smallest absolute Gasteiger partial charge is 0.231 e. The van der Waals surface area contributed by atoms with Crippen LogP contribution in [0.5, 0.6) is 0 Å². The molecule has 0 unspecified atom stereocenters. The quantitative estimate of drug-likeness (QED) is 0.768. The van der Waals surface area contributed by atoms with E-state index in [0.717, 1.165) is 24.8 Å². The molecule has 0 radical (unpaired) electrons. The summed E-state index contributed by atoms with van der Waals surface area (Å²) in [4.78, 5) is 12.2. The van der Waals surface area contributed by atoms with Gasteiger partial charge in [0, 0.05) is 29.5 Å². The predicted octanol–water partition coefficient (Wildman–Crippen LogP) is 2.43. The normalized spacial score (nSPS) is 26.4. The first kappa shape index (κ1) is 10.3. The van der Waals surface area contributed by atoms with Gasteiger partial charge in [-0.15, -0.1) is 0 Å². The van der Waals surface area contributed by atoms with E-state index in [1.165, 1.54) is 16.6 Å². The second-order valence-corrected chi connectivity index (χ2v) is 5.55. The lowest BCUT2D eigenvalue weighted by atomic mass is 9.80. The van der Waals surface area contributed by atoms with Crippen LogP contribution in [-0.2, 0) is 6.42 Å². The first-order chi connectivity index (χ1) is 8.75. The Morgan fingerprint density at radius 2 is 2.11 bits per heavy atom. The van der Waals surface area contributed by atoms with E-state index in [4.69, 9.17) is 5.73 Å². The summed E-state index contributed by atoms with van der Waals surface area (Å²) >= 11 is 0. The minimum Gasteiger partial charge on any atom is -0.327 e. The highest BCUT2D eigenvalue weighted by atomic mass is 16.2. The summed E-state index contributed by atoms with van der Waals surface area (Å²) in [5, 5.41) is 1.22. The van der Waals surface area contributed by atoms with Crippen molar-refractivity contribution in [2.45, 2.75) is 37.6 Å². The molecule has 2 aliphatic rings. The Morgan fingerprint density at radius 3 is 3.00 bits per heavy atom. The van der Waals surface area contributed by atoms with Gasteiger partial charge in [-0.1, -0.05) is 18.2 Å². The Bertz CT molecular complexity index is 656. The van der Waals surface area contributed by atoms with Gasteiger partial charge < -0.3 is 5.73 Å². The van der Waals surface area contributed by atoms with E-state index >= 15 is 0 Å². The molecule has 3 nitrogen and oxygen atoms in total. The van der Waals surface area contributed by atoms with Gasteiger partial charge in [0.2, 0.25) is 5.91 Å². The third-order valence-corrected chi connectivity index (χ3v) is 4.42. The van der Waals surface area contributed by atoms with Crippen molar-refractivity contribution in [1.82, 2.24) is 4.57 Å². The first-order valence-electron chi connectivity index (χ1n) is 6.66. The second kappa shape index (κ2) is 3.45. The average Bonchev–Trinajstić information content (AvgIpc) is 2.70. The Kier molecular flexibility index (Phi) is 1.98. The lowest BCUT2D eigenvalue weighted by Crippen LogP contribution is -2.34. The van der Waals surface area contributed by atoms with Crippen LogP contribution in [0.15, 0.2) is 24.3 Å². The highest BCUT2D eigenvalue weighted by molar-refractivity contribution is 5.97. The molecule has 3 heteroatoms. The maximum absolute atomic E-state index is 12.2. The zero-order valence-corrected chi connectivity index (χ0v) is 10.2. The minimum atomic E-state index is 0.245. The topological polar surface area (TPSA) is 48.0 Å². The molecular weight excluding hydrogens is 224 g/mol. The van der Waals surface area contributed by atoms with Gasteiger partial charge >= 0.3 is 0 Å². The summed E-state index contributed by atoms with van der Waals surface area (Å²) in [6.07, 6.45) is 3.56. The van der Waals surface area contributed by atoms with E-state index in [1.807, 2.05) is 16.7 Å². The van der Waals surface area contributed by atoms with Crippen molar-refractivity contribution in [3.8, 4) is 0 Å². The third kappa shape index (κ3) is 1.20. The van der Waals surface area contributed by atoms with Crippen molar-refractivity contribution in [2.24, 2.45) is 5.73 Å². The predicted molar refractivity (Wildman–Crippen MR) is 70.8 cm³/mol. The molecular formula is C15H16N2O. The molecule has 2 heterocycles. The molecule has 1 aromatic carbocycles. The summed E-state index contributed by atoms with van der Waals surface area (Å²) < 4.78 is 1.96. The summed E-state index contributed by atoms with van der Waals surface area (Å²) in [5.41, 5.74) is 9.84. The minimum absolute atomic E-state index is 0.245. The van der Waals surface area contributed by atoms with E-state index < -0.39 is 0 Å². The van der Waals surface area contributed by atoms with Crippen molar-refractivity contribution >= 4 is 16.8 Å². The highest BCUT2D eigenvalue weighted by Crippen LogP contribution is 2.42. The van der Waals surface area contributed by atoms with Crippen molar-refractivity contribution in [1.29, 1.82) is 0 Å². The summed E-state index contributed by atoms with van der Waals surface area (Å²) in [6, 6.07) is 8.48. The van der Waals surface area contributed by atoms with Crippen LogP contribution in [0.4, 0.5) is 0 Å². The maximum Gasteiger partial charge on any atom is 0.231 e. The fourth-order valence-corrected chi connectivity index (χ4v) is 3.73. The summed E-state index contributed by atoms with van der Waals surface area (Å²) in [5.74, 6) is 0.730. The third-order valence-electron chi connectivity index (χ3n) is 4.42. The van der Waals surface area contributed by atoms with Crippen LogP contribution in [0.3, 0.4) is 0 Å². The number of carbonyl (C=O) groups excluding carboxylic acids is 1. The number of hydrogen-bond donors (Lipinski definition) is 1. The van der Waals surface area contributed by atoms with Gasteiger partial charge in [0.25, 0.3) is 0 Å². The molecule has 0 saturated heterocycles. The fourth-order valence-electron chi connectivity index (χ4n) is 3.73. The van der Waals surface area contributed by atoms with E-state index in [-0.39, 0.29) is 11.9 Å². The number of nitrogens with two attached hydrogens (primary N) is 1. The lowest BCUT2D eigenvalue weighted by molar-refractivity contribution is 0.0876. The zero-order chi connectivity index (χ0) is 12.3. The molecule has 92 valence electrons. The molecule has 18 heavy (non-hydrogen) atoms. The number of fused-ring (bicyclic) bond motifs is 3. The standard InChI is InChI=1S/C15H16N2O/c16-10-7-9-5-6-14(18)17-13-4-2-1-3-11(13)12(8-10)15(9)17/h1-4,9-10H,5-8,16H2/t9-,10-/m0/s1. The first-order valence-corrected chi connectivity index (χ1v) is 6.66. The van der Waals surface area contributed by atoms with E-state index in [9.17, 15) is 4.79 Å². The van der Waals surface area contributed by atoms with Crippen molar-refractivity contribution < 1.29 is 4.79 Å². The lowest BCUT2D eigenvalue weighted by Gasteiger charge is -2.31. The molecule has 0 saturated carbocycles. The number of hydrogen-bond acceptors (Lipinski definition) is 2. The molecule has 4 rings (SSSR count). The molecule has 0 bridgehead atoms. The summed E-state index contributed by atoms with van der Waals surface area (Å²) in [6.45, 7) is 0. The van der Waals surface area contributed by atoms with Crippen LogP contribution < -0.4 is 5.73 Å². The average molecular weight is 240 g/mol. The van der Waals surface area contributed by atoms with Crippen LogP contribution >= 0.6 is 0 Å². The molecule has 1 aliphatic carbocycles. The van der Waals surface area contributed by atoms with Crippen molar-refractivity contribution in [2.75, 3.05) is 0 Å². The molecule has 2 aromatic rings. The SMILES string of the molecule is N[C@@H]1Cc2c3n(c4ccccc24)C(=O)CC[C@H]3C1. The van der Waals surface area contributed by atoms with Gasteiger partial charge in [-0.3, -0.25) is 9.36 Å². The van der Waals surface area contributed by atoms with Crippen LogP contribution in [0.25, 0.3) is 10.9 Å². The van der Waals surface area contributed by atoms with Gasteiger partial charge in [-0.25, -0.2) is 0 Å². The van der Waals surface area contributed by atoms with Gasteiger partial charge in [0.1, 0.15) is 0 Å². The van der Waals surface area contributed by atoms with Crippen LogP contribution in [0.2, 0.25) is 0 Å². The number of rotatable bonds is 0. The molecule has 2 N–H and O–H groups in total. The summed E-state index contributed by atoms with van der Waals surface area (Å²) in [7, 11) is 0. The van der Waals surface area contributed by atoms with Gasteiger partial charge in [0.05, 0.1) is 5.52 Å². The Morgan fingerprint density at radius 1 is 1.28 bits per heavy atom. The van der Waals surface area contributed by atoms with Crippen molar-refractivity contribution in [3.63, 3.8) is 0 Å². The largest absolute Gasteiger partial charge is 0.327 e. The molecule has 1 aliphatic heterocycles. The van der Waals surface area contributed by atoms with Gasteiger partial charge in [0.15, 0.2) is 0 Å². The van der Waals surface area contributed by atoms with Crippen LogP contribution in [0.1, 0.15) is 41.2 Å².